The lowest BCUT2D eigenvalue weighted by Crippen LogP contribution is -2.02. The summed E-state index contributed by atoms with van der Waals surface area (Å²) >= 11 is 1.97. The summed E-state index contributed by atoms with van der Waals surface area (Å²) in [7, 11) is 0. The summed E-state index contributed by atoms with van der Waals surface area (Å²) in [6.07, 6.45) is 10.3. The normalized spacial score (nSPS) is 22.0. The van der Waals surface area contributed by atoms with E-state index in [0.29, 0.717) is 5.25 Å². The first-order valence-corrected chi connectivity index (χ1v) is 5.81. The number of furan rings is 1. The molecule has 0 fully saturated rings. The predicted molar refractivity (Wildman–Crippen MR) is 56.8 cm³/mol. The van der Waals surface area contributed by atoms with Crippen LogP contribution in [-0.4, -0.2) is 5.25 Å². The van der Waals surface area contributed by atoms with E-state index in [1.54, 1.807) is 6.26 Å². The molecular formula is C11H14OS. The van der Waals surface area contributed by atoms with Crippen molar-refractivity contribution < 1.29 is 4.42 Å². The monoisotopic (exact) mass is 194 g/mol. The third-order valence-electron chi connectivity index (χ3n) is 2.23. The minimum Gasteiger partial charge on any atom is -0.468 e. The zero-order valence-corrected chi connectivity index (χ0v) is 8.43. The highest BCUT2D eigenvalue weighted by atomic mass is 32.2. The Bertz CT molecular complexity index is 264. The van der Waals surface area contributed by atoms with Crippen LogP contribution in [0.15, 0.2) is 35.0 Å². The molecule has 1 aliphatic rings. The average molecular weight is 194 g/mol. The maximum absolute atomic E-state index is 5.28. The summed E-state index contributed by atoms with van der Waals surface area (Å²) in [4.78, 5) is 0. The fraction of sp³-hybridized carbons (Fsp3) is 0.455. The van der Waals surface area contributed by atoms with E-state index in [0.717, 1.165) is 11.5 Å². The van der Waals surface area contributed by atoms with Crippen LogP contribution in [0, 0.1) is 0 Å². The van der Waals surface area contributed by atoms with E-state index in [2.05, 4.69) is 12.2 Å². The van der Waals surface area contributed by atoms with Gasteiger partial charge < -0.3 is 4.42 Å². The summed E-state index contributed by atoms with van der Waals surface area (Å²) in [5.74, 6) is 2.09. The highest BCUT2D eigenvalue weighted by Gasteiger charge is 2.09. The van der Waals surface area contributed by atoms with Gasteiger partial charge in [-0.05, 0) is 31.4 Å². The van der Waals surface area contributed by atoms with E-state index in [-0.39, 0.29) is 0 Å². The molecule has 1 aromatic rings. The highest BCUT2D eigenvalue weighted by Crippen LogP contribution is 2.26. The molecule has 1 nitrogen and oxygen atoms in total. The molecule has 70 valence electrons. The van der Waals surface area contributed by atoms with Gasteiger partial charge in [0.25, 0.3) is 0 Å². The van der Waals surface area contributed by atoms with Gasteiger partial charge in [-0.2, -0.15) is 0 Å². The summed E-state index contributed by atoms with van der Waals surface area (Å²) in [5.41, 5.74) is 0. The Labute approximate surface area is 83.2 Å². The van der Waals surface area contributed by atoms with Crippen LogP contribution >= 0.6 is 11.8 Å². The molecule has 0 aromatic carbocycles. The molecule has 2 rings (SSSR count). The van der Waals surface area contributed by atoms with Crippen molar-refractivity contribution in [2.45, 2.75) is 30.3 Å². The summed E-state index contributed by atoms with van der Waals surface area (Å²) in [6, 6.07) is 3.99. The molecule has 0 aliphatic heterocycles. The van der Waals surface area contributed by atoms with E-state index >= 15 is 0 Å². The van der Waals surface area contributed by atoms with Crippen molar-refractivity contribution in [2.24, 2.45) is 0 Å². The van der Waals surface area contributed by atoms with Gasteiger partial charge >= 0.3 is 0 Å². The molecule has 0 amide bonds. The Hall–Kier alpha value is -0.630. The first-order valence-electron chi connectivity index (χ1n) is 4.76. The highest BCUT2D eigenvalue weighted by molar-refractivity contribution is 7.99. The lowest BCUT2D eigenvalue weighted by atomic mass is 10.1. The van der Waals surface area contributed by atoms with Crippen LogP contribution in [0.3, 0.4) is 0 Å². The van der Waals surface area contributed by atoms with Crippen molar-refractivity contribution in [3.8, 4) is 0 Å². The SMILES string of the molecule is C1=CC(SCc2ccco2)CCC1. The first kappa shape index (κ1) is 8.95. The van der Waals surface area contributed by atoms with Gasteiger partial charge in [0.05, 0.1) is 12.0 Å². The van der Waals surface area contributed by atoms with Crippen molar-refractivity contribution in [3.63, 3.8) is 0 Å². The van der Waals surface area contributed by atoms with Crippen molar-refractivity contribution in [2.75, 3.05) is 0 Å². The maximum atomic E-state index is 5.28. The van der Waals surface area contributed by atoms with Crippen molar-refractivity contribution in [3.05, 3.63) is 36.3 Å². The molecule has 1 heterocycles. The van der Waals surface area contributed by atoms with Gasteiger partial charge in [-0.3, -0.25) is 0 Å². The van der Waals surface area contributed by atoms with Gasteiger partial charge in [-0.25, -0.2) is 0 Å². The third kappa shape index (κ3) is 2.66. The molecule has 0 saturated heterocycles. The van der Waals surface area contributed by atoms with E-state index in [1.165, 1.54) is 19.3 Å². The molecule has 1 atom stereocenters. The minimum absolute atomic E-state index is 0.707. The van der Waals surface area contributed by atoms with Crippen LogP contribution in [0.2, 0.25) is 0 Å². The standard InChI is InChI=1S/C11H14OS/c1-2-6-11(7-3-1)13-9-10-5-4-8-12-10/h2,4-6,8,11H,1,3,7,9H2. The first-order chi connectivity index (χ1) is 6.45. The van der Waals surface area contributed by atoms with Crippen LogP contribution < -0.4 is 0 Å². The number of hydrogen-bond donors (Lipinski definition) is 0. The Morgan fingerprint density at radius 1 is 1.54 bits per heavy atom. The number of hydrogen-bond acceptors (Lipinski definition) is 2. The van der Waals surface area contributed by atoms with E-state index < -0.39 is 0 Å². The Balaban J connectivity index is 1.79. The Morgan fingerprint density at radius 2 is 2.54 bits per heavy atom. The van der Waals surface area contributed by atoms with E-state index in [1.807, 2.05) is 23.9 Å². The number of thioether (sulfide) groups is 1. The van der Waals surface area contributed by atoms with Gasteiger partial charge in [-0.15, -0.1) is 11.8 Å². The lowest BCUT2D eigenvalue weighted by Gasteiger charge is -2.14. The summed E-state index contributed by atoms with van der Waals surface area (Å²) < 4.78 is 5.28. The fourth-order valence-corrected chi connectivity index (χ4v) is 2.60. The van der Waals surface area contributed by atoms with Crippen LogP contribution in [0.1, 0.15) is 25.0 Å². The second-order valence-corrected chi connectivity index (χ2v) is 4.52. The molecular weight excluding hydrogens is 180 g/mol. The second kappa shape index (κ2) is 4.56. The van der Waals surface area contributed by atoms with Crippen LogP contribution in [0.5, 0.6) is 0 Å². The molecule has 0 N–H and O–H groups in total. The quantitative estimate of drug-likeness (QED) is 0.682. The van der Waals surface area contributed by atoms with Gasteiger partial charge in [0, 0.05) is 5.25 Å². The number of rotatable bonds is 3. The van der Waals surface area contributed by atoms with Gasteiger partial charge in [0.1, 0.15) is 5.76 Å². The van der Waals surface area contributed by atoms with Gasteiger partial charge in [0.2, 0.25) is 0 Å². The topological polar surface area (TPSA) is 13.1 Å². The second-order valence-electron chi connectivity index (χ2n) is 3.29. The molecule has 2 heteroatoms. The zero-order chi connectivity index (χ0) is 8.93. The van der Waals surface area contributed by atoms with Crippen LogP contribution in [0.4, 0.5) is 0 Å². The maximum Gasteiger partial charge on any atom is 0.113 e. The number of allylic oxidation sites excluding steroid dienone is 1. The van der Waals surface area contributed by atoms with Crippen LogP contribution in [0.25, 0.3) is 0 Å². The van der Waals surface area contributed by atoms with Crippen LogP contribution in [-0.2, 0) is 5.75 Å². The summed E-state index contributed by atoms with van der Waals surface area (Å²) in [5, 5.41) is 0.707. The molecule has 1 aliphatic carbocycles. The summed E-state index contributed by atoms with van der Waals surface area (Å²) in [6.45, 7) is 0. The largest absolute Gasteiger partial charge is 0.468 e. The fourth-order valence-electron chi connectivity index (χ4n) is 1.50. The van der Waals surface area contributed by atoms with Crippen molar-refractivity contribution in [1.29, 1.82) is 0 Å². The molecule has 0 radical (unpaired) electrons. The van der Waals surface area contributed by atoms with Crippen molar-refractivity contribution in [1.82, 2.24) is 0 Å². The van der Waals surface area contributed by atoms with E-state index in [4.69, 9.17) is 4.42 Å². The lowest BCUT2D eigenvalue weighted by molar-refractivity contribution is 0.530. The van der Waals surface area contributed by atoms with E-state index in [9.17, 15) is 0 Å². The van der Waals surface area contributed by atoms with Gasteiger partial charge in [0.15, 0.2) is 0 Å². The molecule has 13 heavy (non-hydrogen) atoms. The predicted octanol–water partition coefficient (Wildman–Crippen LogP) is 3.62. The smallest absolute Gasteiger partial charge is 0.113 e. The molecule has 1 aromatic heterocycles. The Kier molecular flexibility index (Phi) is 3.14. The molecule has 0 bridgehead atoms. The zero-order valence-electron chi connectivity index (χ0n) is 7.61. The van der Waals surface area contributed by atoms with Crippen molar-refractivity contribution >= 4 is 11.8 Å². The third-order valence-corrected chi connectivity index (χ3v) is 3.50. The Morgan fingerprint density at radius 3 is 3.23 bits per heavy atom. The molecule has 0 saturated carbocycles. The average Bonchev–Trinajstić information content (AvgIpc) is 2.69. The molecule has 0 spiro atoms. The van der Waals surface area contributed by atoms with Gasteiger partial charge in [-0.1, -0.05) is 12.2 Å². The minimum atomic E-state index is 0.707. The molecule has 1 unspecified atom stereocenters.